The van der Waals surface area contributed by atoms with Crippen molar-refractivity contribution >= 4 is 55.4 Å². The summed E-state index contributed by atoms with van der Waals surface area (Å²) in [7, 11) is -3.97. The van der Waals surface area contributed by atoms with Crippen molar-refractivity contribution in [1.82, 2.24) is 5.43 Å². The molecule has 31 heavy (non-hydrogen) atoms. The van der Waals surface area contributed by atoms with Gasteiger partial charge in [-0.1, -0.05) is 57.4 Å². The van der Waals surface area contributed by atoms with Gasteiger partial charge in [0, 0.05) is 9.50 Å². The van der Waals surface area contributed by atoms with Gasteiger partial charge in [-0.15, -0.1) is 0 Å². The lowest BCUT2D eigenvalue weighted by atomic mass is 10.2. The van der Waals surface area contributed by atoms with Crippen molar-refractivity contribution < 1.29 is 13.2 Å². The van der Waals surface area contributed by atoms with Crippen LogP contribution < -0.4 is 9.73 Å². The molecule has 9 heteroatoms. The molecule has 0 heterocycles. The summed E-state index contributed by atoms with van der Waals surface area (Å²) < 4.78 is 28.4. The van der Waals surface area contributed by atoms with Crippen LogP contribution >= 0.6 is 27.5 Å². The highest BCUT2D eigenvalue weighted by Crippen LogP contribution is 2.25. The lowest BCUT2D eigenvalue weighted by Crippen LogP contribution is -2.39. The molecule has 0 aliphatic heterocycles. The number of amides is 1. The second-order valence-corrected chi connectivity index (χ2v) is 9.86. The van der Waals surface area contributed by atoms with E-state index in [2.05, 4.69) is 26.5 Å². The zero-order chi connectivity index (χ0) is 22.4. The van der Waals surface area contributed by atoms with Crippen molar-refractivity contribution in [3.8, 4) is 0 Å². The summed E-state index contributed by atoms with van der Waals surface area (Å²) in [5, 5.41) is 4.49. The highest BCUT2D eigenvalue weighted by Gasteiger charge is 2.27. The van der Waals surface area contributed by atoms with Gasteiger partial charge in [0.1, 0.15) is 6.54 Å². The van der Waals surface area contributed by atoms with Gasteiger partial charge in [0.25, 0.3) is 15.9 Å². The van der Waals surface area contributed by atoms with Gasteiger partial charge in [0.15, 0.2) is 0 Å². The van der Waals surface area contributed by atoms with Crippen LogP contribution in [0.15, 0.2) is 87.3 Å². The molecule has 3 aromatic carbocycles. The number of carbonyl (C=O) groups is 1. The van der Waals surface area contributed by atoms with Gasteiger partial charge in [-0.2, -0.15) is 5.10 Å². The zero-order valence-electron chi connectivity index (χ0n) is 16.5. The van der Waals surface area contributed by atoms with Gasteiger partial charge in [0.2, 0.25) is 0 Å². The molecule has 0 aromatic heterocycles. The molecule has 3 rings (SSSR count). The first-order chi connectivity index (χ1) is 14.8. The normalized spacial score (nSPS) is 11.5. The Morgan fingerprint density at radius 3 is 2.26 bits per heavy atom. The quantitative estimate of drug-likeness (QED) is 0.360. The highest BCUT2D eigenvalue weighted by molar-refractivity contribution is 9.10. The van der Waals surface area contributed by atoms with Crippen LogP contribution in [-0.4, -0.2) is 27.1 Å². The molecule has 0 unspecified atom stereocenters. The van der Waals surface area contributed by atoms with Gasteiger partial charge >= 0.3 is 0 Å². The Labute approximate surface area is 194 Å². The number of hydrogen-bond donors (Lipinski definition) is 1. The van der Waals surface area contributed by atoms with E-state index in [-0.39, 0.29) is 4.90 Å². The van der Waals surface area contributed by atoms with Crippen LogP contribution in [0.3, 0.4) is 0 Å². The summed E-state index contributed by atoms with van der Waals surface area (Å²) in [6.45, 7) is 1.44. The van der Waals surface area contributed by atoms with E-state index in [0.717, 1.165) is 19.9 Å². The van der Waals surface area contributed by atoms with Gasteiger partial charge in [-0.05, 0) is 61.0 Å². The summed E-state index contributed by atoms with van der Waals surface area (Å²) in [6, 6.07) is 20.0. The topological polar surface area (TPSA) is 78.8 Å². The number of benzene rings is 3. The molecular formula is C22H19BrClN3O3S. The molecule has 0 fully saturated rings. The van der Waals surface area contributed by atoms with Crippen LogP contribution in [0.2, 0.25) is 5.02 Å². The number of halogens is 2. The van der Waals surface area contributed by atoms with E-state index < -0.39 is 22.5 Å². The minimum absolute atomic E-state index is 0.0958. The number of carbonyl (C=O) groups excluding carboxylic acids is 1. The summed E-state index contributed by atoms with van der Waals surface area (Å²) in [4.78, 5) is 12.6. The second-order valence-electron chi connectivity index (χ2n) is 6.65. The molecule has 6 nitrogen and oxygen atoms in total. The minimum Gasteiger partial charge on any atom is -0.271 e. The van der Waals surface area contributed by atoms with E-state index in [4.69, 9.17) is 11.6 Å². The third-order valence-corrected chi connectivity index (χ3v) is 6.85. The van der Waals surface area contributed by atoms with Gasteiger partial charge < -0.3 is 0 Å². The number of hydrogen-bond acceptors (Lipinski definition) is 4. The van der Waals surface area contributed by atoms with E-state index in [1.165, 1.54) is 18.3 Å². The lowest BCUT2D eigenvalue weighted by molar-refractivity contribution is -0.119. The van der Waals surface area contributed by atoms with Crippen molar-refractivity contribution in [2.75, 3.05) is 10.8 Å². The Kier molecular flexibility index (Phi) is 7.48. The first-order valence-corrected chi connectivity index (χ1v) is 11.8. The maximum absolute atomic E-state index is 13.3. The van der Waals surface area contributed by atoms with Crippen molar-refractivity contribution in [2.24, 2.45) is 5.10 Å². The number of hydrazone groups is 1. The van der Waals surface area contributed by atoms with Crippen LogP contribution in [0.5, 0.6) is 0 Å². The van der Waals surface area contributed by atoms with E-state index in [0.29, 0.717) is 10.7 Å². The molecule has 0 aliphatic rings. The average Bonchev–Trinajstić information content (AvgIpc) is 2.74. The molecule has 0 radical (unpaired) electrons. The maximum Gasteiger partial charge on any atom is 0.264 e. The molecule has 0 saturated carbocycles. The van der Waals surface area contributed by atoms with E-state index in [1.54, 1.807) is 60.7 Å². The lowest BCUT2D eigenvalue weighted by Gasteiger charge is -2.23. The summed E-state index contributed by atoms with van der Waals surface area (Å²) in [5.74, 6) is -0.580. The number of aryl methyl sites for hydroxylation is 1. The summed E-state index contributed by atoms with van der Waals surface area (Å²) in [5.41, 5.74) is 4.41. The first-order valence-electron chi connectivity index (χ1n) is 9.18. The largest absolute Gasteiger partial charge is 0.271 e. The Hall–Kier alpha value is -2.68. The van der Waals surface area contributed by atoms with Crippen LogP contribution in [0.25, 0.3) is 0 Å². The number of anilines is 1. The minimum atomic E-state index is -3.97. The van der Waals surface area contributed by atoms with Crippen molar-refractivity contribution in [2.45, 2.75) is 11.8 Å². The van der Waals surface area contributed by atoms with E-state index in [1.807, 2.05) is 6.92 Å². The predicted octanol–water partition coefficient (Wildman–Crippen LogP) is 4.76. The number of nitrogens with zero attached hydrogens (tertiary/aromatic N) is 2. The van der Waals surface area contributed by atoms with Gasteiger partial charge in [0.05, 0.1) is 16.8 Å². The number of rotatable bonds is 7. The molecular weight excluding hydrogens is 502 g/mol. The van der Waals surface area contributed by atoms with Crippen molar-refractivity contribution in [3.05, 3.63) is 93.4 Å². The third kappa shape index (κ3) is 6.16. The van der Waals surface area contributed by atoms with Crippen LogP contribution in [0.4, 0.5) is 5.69 Å². The SMILES string of the molecule is Cc1ccc(S(=O)(=O)N(CC(=O)N/N=C\c2ccc(Cl)cc2)c2ccc(Br)cc2)cc1. The smallest absolute Gasteiger partial charge is 0.264 e. The van der Waals surface area contributed by atoms with Crippen LogP contribution in [-0.2, 0) is 14.8 Å². The van der Waals surface area contributed by atoms with Crippen LogP contribution in [0, 0.1) is 6.92 Å². The molecule has 0 aliphatic carbocycles. The van der Waals surface area contributed by atoms with E-state index >= 15 is 0 Å². The highest BCUT2D eigenvalue weighted by atomic mass is 79.9. The fourth-order valence-electron chi connectivity index (χ4n) is 2.65. The molecule has 0 bridgehead atoms. The molecule has 0 atom stereocenters. The predicted molar refractivity (Wildman–Crippen MR) is 127 cm³/mol. The second kappa shape index (κ2) is 10.1. The van der Waals surface area contributed by atoms with Gasteiger partial charge in [-0.25, -0.2) is 13.8 Å². The number of sulfonamides is 1. The average molecular weight is 521 g/mol. The van der Waals surface area contributed by atoms with Crippen molar-refractivity contribution in [1.29, 1.82) is 0 Å². The molecule has 1 N–H and O–H groups in total. The molecule has 0 spiro atoms. The third-order valence-electron chi connectivity index (χ3n) is 4.28. The monoisotopic (exact) mass is 519 g/mol. The summed E-state index contributed by atoms with van der Waals surface area (Å²) >= 11 is 9.18. The molecule has 3 aromatic rings. The van der Waals surface area contributed by atoms with E-state index in [9.17, 15) is 13.2 Å². The Morgan fingerprint density at radius 1 is 1.03 bits per heavy atom. The Morgan fingerprint density at radius 2 is 1.65 bits per heavy atom. The summed E-state index contributed by atoms with van der Waals surface area (Å²) in [6.07, 6.45) is 1.45. The standard InChI is InChI=1S/C22H19BrClN3O3S/c1-16-2-12-21(13-3-16)31(29,30)27(20-10-6-18(23)7-11-20)15-22(28)26-25-14-17-4-8-19(24)9-5-17/h2-14H,15H2,1H3,(H,26,28)/b25-14-. The Bertz CT molecular complexity index is 1180. The van der Waals surface area contributed by atoms with Gasteiger partial charge in [-0.3, -0.25) is 9.10 Å². The van der Waals surface area contributed by atoms with Crippen LogP contribution in [0.1, 0.15) is 11.1 Å². The molecule has 0 saturated heterocycles. The maximum atomic E-state index is 13.3. The van der Waals surface area contributed by atoms with Crippen molar-refractivity contribution in [3.63, 3.8) is 0 Å². The fourth-order valence-corrected chi connectivity index (χ4v) is 4.46. The Balaban J connectivity index is 1.82. The first kappa shape index (κ1) is 23.0. The molecule has 1 amide bonds. The zero-order valence-corrected chi connectivity index (χ0v) is 19.7. The number of nitrogens with one attached hydrogen (secondary N) is 1. The molecule has 160 valence electrons. The fraction of sp³-hybridized carbons (Fsp3) is 0.0909.